The molecule has 1 fully saturated rings. The van der Waals surface area contributed by atoms with Crippen molar-refractivity contribution < 1.29 is 27.4 Å². The molecule has 1 amide bonds. The number of nitrogens with zero attached hydrogens (tertiary/aromatic N) is 1. The number of ether oxygens (including phenoxy) is 2. The Kier molecular flexibility index (Phi) is 4.99. The molecule has 2 aliphatic heterocycles. The quantitative estimate of drug-likeness (QED) is 0.796. The molecule has 0 spiro atoms. The molecule has 0 saturated carbocycles. The molecule has 2 heterocycles. The zero-order valence-electron chi connectivity index (χ0n) is 15.7. The van der Waals surface area contributed by atoms with Gasteiger partial charge in [-0.05, 0) is 49.2 Å². The highest BCUT2D eigenvalue weighted by molar-refractivity contribution is 5.95. The van der Waals surface area contributed by atoms with Crippen LogP contribution in [0.1, 0.15) is 12.0 Å². The van der Waals surface area contributed by atoms with Crippen molar-refractivity contribution in [1.82, 2.24) is 0 Å². The first-order valence-electron chi connectivity index (χ1n) is 9.21. The minimum Gasteiger partial charge on any atom is -0.482 e. The highest BCUT2D eigenvalue weighted by atomic mass is 19.4. The van der Waals surface area contributed by atoms with Gasteiger partial charge in [0.15, 0.2) is 6.61 Å². The molecular weight excluding hydrogens is 387 g/mol. The van der Waals surface area contributed by atoms with Crippen LogP contribution >= 0.6 is 0 Å². The molecular formula is C20H20F3N3O3. The van der Waals surface area contributed by atoms with Crippen LogP contribution < -0.4 is 20.3 Å². The summed E-state index contributed by atoms with van der Waals surface area (Å²) >= 11 is 0. The summed E-state index contributed by atoms with van der Waals surface area (Å²) in [6.45, 7) is 2.64. The van der Waals surface area contributed by atoms with E-state index in [2.05, 4.69) is 15.4 Å². The molecule has 1 unspecified atom stereocenters. The molecule has 2 aromatic carbocycles. The Morgan fingerprint density at radius 3 is 2.83 bits per heavy atom. The molecule has 0 bridgehead atoms. The number of benzene rings is 2. The van der Waals surface area contributed by atoms with Crippen LogP contribution in [-0.2, 0) is 9.53 Å². The summed E-state index contributed by atoms with van der Waals surface area (Å²) in [7, 11) is 0. The van der Waals surface area contributed by atoms with Crippen LogP contribution in [0.2, 0.25) is 0 Å². The standard InChI is InChI=1S/C20H20F3N3O3/c1-12-8-14(26-7-6-15(10-26)29-20(21,22)23)3-5-16(12)24-13-2-4-17-18(9-13)28-11-19(27)25-17/h2-5,8-9,15,24H,6-7,10-11H2,1H3,(H,25,27). The van der Waals surface area contributed by atoms with Gasteiger partial charge in [-0.15, -0.1) is 13.2 Å². The lowest BCUT2D eigenvalue weighted by Crippen LogP contribution is -2.27. The van der Waals surface area contributed by atoms with Crippen LogP contribution in [-0.4, -0.2) is 38.1 Å². The smallest absolute Gasteiger partial charge is 0.482 e. The van der Waals surface area contributed by atoms with Gasteiger partial charge in [0.05, 0.1) is 11.8 Å². The van der Waals surface area contributed by atoms with Gasteiger partial charge >= 0.3 is 6.36 Å². The van der Waals surface area contributed by atoms with E-state index in [1.165, 1.54) is 0 Å². The van der Waals surface area contributed by atoms with E-state index < -0.39 is 12.5 Å². The highest BCUT2D eigenvalue weighted by Gasteiger charge is 2.36. The summed E-state index contributed by atoms with van der Waals surface area (Å²) < 4.78 is 46.8. The SMILES string of the molecule is Cc1cc(N2CCC(OC(F)(F)F)C2)ccc1Nc1ccc2c(c1)OCC(=O)N2. The molecule has 6 nitrogen and oxygen atoms in total. The molecule has 9 heteroatoms. The topological polar surface area (TPSA) is 62.8 Å². The minimum absolute atomic E-state index is 0.0148. The summed E-state index contributed by atoms with van der Waals surface area (Å²) in [6, 6.07) is 11.1. The van der Waals surface area contributed by atoms with Crippen LogP contribution in [0.15, 0.2) is 36.4 Å². The Hall–Kier alpha value is -2.94. The fourth-order valence-corrected chi connectivity index (χ4v) is 3.54. The second-order valence-corrected chi connectivity index (χ2v) is 7.09. The first-order valence-corrected chi connectivity index (χ1v) is 9.21. The number of hydrogen-bond acceptors (Lipinski definition) is 5. The van der Waals surface area contributed by atoms with Gasteiger partial charge in [-0.1, -0.05) is 0 Å². The van der Waals surface area contributed by atoms with Crippen LogP contribution in [0.3, 0.4) is 0 Å². The average molecular weight is 407 g/mol. The van der Waals surface area contributed by atoms with Crippen molar-refractivity contribution in [2.24, 2.45) is 0 Å². The molecule has 2 aliphatic rings. The van der Waals surface area contributed by atoms with E-state index in [1.807, 2.05) is 42.2 Å². The van der Waals surface area contributed by atoms with Gasteiger partial charge in [0.25, 0.3) is 5.91 Å². The van der Waals surface area contributed by atoms with E-state index in [-0.39, 0.29) is 19.1 Å². The fourth-order valence-electron chi connectivity index (χ4n) is 3.54. The molecule has 0 aromatic heterocycles. The molecule has 1 saturated heterocycles. The van der Waals surface area contributed by atoms with Crippen molar-refractivity contribution in [3.8, 4) is 5.75 Å². The Labute approximate surface area is 165 Å². The monoisotopic (exact) mass is 407 g/mol. The fraction of sp³-hybridized carbons (Fsp3) is 0.350. The van der Waals surface area contributed by atoms with E-state index in [9.17, 15) is 18.0 Å². The first kappa shape index (κ1) is 19.4. The number of hydrogen-bond donors (Lipinski definition) is 2. The second kappa shape index (κ2) is 7.47. The zero-order valence-corrected chi connectivity index (χ0v) is 15.7. The third-order valence-electron chi connectivity index (χ3n) is 4.91. The Balaban J connectivity index is 1.44. The molecule has 29 heavy (non-hydrogen) atoms. The van der Waals surface area contributed by atoms with Crippen molar-refractivity contribution >= 4 is 28.7 Å². The molecule has 0 aliphatic carbocycles. The third kappa shape index (κ3) is 4.56. The molecule has 154 valence electrons. The van der Waals surface area contributed by atoms with Crippen LogP contribution in [0.5, 0.6) is 5.75 Å². The number of fused-ring (bicyclic) bond motifs is 1. The first-order chi connectivity index (χ1) is 13.8. The van der Waals surface area contributed by atoms with Gasteiger partial charge in [-0.3, -0.25) is 9.53 Å². The molecule has 1 atom stereocenters. The number of halogens is 3. The third-order valence-corrected chi connectivity index (χ3v) is 4.91. The molecule has 4 rings (SSSR count). The number of aryl methyl sites for hydroxylation is 1. The van der Waals surface area contributed by atoms with Gasteiger partial charge in [-0.2, -0.15) is 0 Å². The Bertz CT molecular complexity index is 933. The maximum absolute atomic E-state index is 12.4. The van der Waals surface area contributed by atoms with E-state index in [4.69, 9.17) is 4.74 Å². The number of carbonyl (C=O) groups excluding carboxylic acids is 1. The number of nitrogens with one attached hydrogen (secondary N) is 2. The minimum atomic E-state index is -4.61. The summed E-state index contributed by atoms with van der Waals surface area (Å²) in [5.74, 6) is 0.408. The average Bonchev–Trinajstić information content (AvgIpc) is 3.10. The normalized spacial score (nSPS) is 18.8. The summed E-state index contributed by atoms with van der Waals surface area (Å²) in [4.78, 5) is 13.2. The van der Waals surface area contributed by atoms with Crippen LogP contribution in [0.4, 0.5) is 35.9 Å². The summed E-state index contributed by atoms with van der Waals surface area (Å²) in [5.41, 5.74) is 4.11. The van der Waals surface area contributed by atoms with Crippen molar-refractivity contribution in [2.75, 3.05) is 35.2 Å². The van der Waals surface area contributed by atoms with Crippen molar-refractivity contribution in [2.45, 2.75) is 25.8 Å². The molecule has 0 radical (unpaired) electrons. The van der Waals surface area contributed by atoms with Gasteiger partial charge in [-0.25, -0.2) is 0 Å². The van der Waals surface area contributed by atoms with E-state index in [0.29, 0.717) is 24.4 Å². The van der Waals surface area contributed by atoms with Gasteiger partial charge < -0.3 is 20.3 Å². The van der Waals surface area contributed by atoms with E-state index >= 15 is 0 Å². The van der Waals surface area contributed by atoms with E-state index in [1.54, 1.807) is 6.07 Å². The van der Waals surface area contributed by atoms with Crippen molar-refractivity contribution in [3.63, 3.8) is 0 Å². The predicted molar refractivity (Wildman–Crippen MR) is 103 cm³/mol. The van der Waals surface area contributed by atoms with Crippen LogP contribution in [0.25, 0.3) is 0 Å². The number of amides is 1. The number of alkyl halides is 3. The predicted octanol–water partition coefficient (Wildman–Crippen LogP) is 4.18. The van der Waals surface area contributed by atoms with Crippen molar-refractivity contribution in [3.05, 3.63) is 42.0 Å². The second-order valence-electron chi connectivity index (χ2n) is 7.09. The van der Waals surface area contributed by atoms with Gasteiger partial charge in [0, 0.05) is 36.2 Å². The maximum Gasteiger partial charge on any atom is 0.522 e. The summed E-state index contributed by atoms with van der Waals surface area (Å²) in [5, 5.41) is 6.05. The molecule has 2 N–H and O–H groups in total. The lowest BCUT2D eigenvalue weighted by molar-refractivity contribution is -0.339. The lowest BCUT2D eigenvalue weighted by Gasteiger charge is -2.21. The Morgan fingerprint density at radius 2 is 2.07 bits per heavy atom. The van der Waals surface area contributed by atoms with Gasteiger partial charge in [0.2, 0.25) is 0 Å². The number of carbonyl (C=O) groups is 1. The zero-order chi connectivity index (χ0) is 20.6. The molecule has 2 aromatic rings. The Morgan fingerprint density at radius 1 is 1.24 bits per heavy atom. The summed E-state index contributed by atoms with van der Waals surface area (Å²) in [6.07, 6.45) is -5.11. The largest absolute Gasteiger partial charge is 0.522 e. The van der Waals surface area contributed by atoms with Crippen molar-refractivity contribution in [1.29, 1.82) is 0 Å². The number of anilines is 4. The van der Waals surface area contributed by atoms with Crippen LogP contribution in [0, 0.1) is 6.92 Å². The number of rotatable bonds is 4. The highest BCUT2D eigenvalue weighted by Crippen LogP contribution is 2.34. The lowest BCUT2D eigenvalue weighted by atomic mass is 10.1. The van der Waals surface area contributed by atoms with E-state index in [0.717, 1.165) is 22.6 Å². The van der Waals surface area contributed by atoms with Gasteiger partial charge in [0.1, 0.15) is 5.75 Å². The maximum atomic E-state index is 12.4.